The highest BCUT2D eigenvalue weighted by molar-refractivity contribution is 5.93. The lowest BCUT2D eigenvalue weighted by Crippen LogP contribution is -2.20. The fourth-order valence-corrected chi connectivity index (χ4v) is 2.33. The zero-order chi connectivity index (χ0) is 13.9. The number of anilines is 1. The van der Waals surface area contributed by atoms with Crippen molar-refractivity contribution in [3.63, 3.8) is 0 Å². The van der Waals surface area contributed by atoms with Crippen molar-refractivity contribution in [2.75, 3.05) is 5.32 Å². The first-order valence-electron chi connectivity index (χ1n) is 6.81. The van der Waals surface area contributed by atoms with E-state index in [-0.39, 0.29) is 11.8 Å². The molecule has 0 saturated heterocycles. The highest BCUT2D eigenvalue weighted by Gasteiger charge is 2.18. The number of carbonyl (C=O) groups is 1. The molecule has 1 heterocycles. The van der Waals surface area contributed by atoms with Gasteiger partial charge in [-0.2, -0.15) is 5.10 Å². The van der Waals surface area contributed by atoms with Crippen molar-refractivity contribution in [1.82, 2.24) is 9.78 Å². The third kappa shape index (κ3) is 2.64. The fraction of sp³-hybridized carbons (Fsp3) is 0.250. The van der Waals surface area contributed by atoms with Crippen molar-refractivity contribution in [3.05, 3.63) is 54.4 Å². The minimum Gasteiger partial charge on any atom is -0.326 e. The van der Waals surface area contributed by atoms with Crippen LogP contribution in [-0.2, 0) is 4.79 Å². The summed E-state index contributed by atoms with van der Waals surface area (Å²) in [5, 5.41) is 7.31. The lowest BCUT2D eigenvalue weighted by molar-refractivity contribution is -0.119. The summed E-state index contributed by atoms with van der Waals surface area (Å²) in [6.07, 6.45) is 7.74. The predicted octanol–water partition coefficient (Wildman–Crippen LogP) is 3.09. The number of hydrogen-bond donors (Lipinski definition) is 1. The van der Waals surface area contributed by atoms with Crippen molar-refractivity contribution in [1.29, 1.82) is 0 Å². The molecular formula is C16H17N3O. The highest BCUT2D eigenvalue weighted by Crippen LogP contribution is 2.20. The minimum absolute atomic E-state index is 0.0865. The lowest BCUT2D eigenvalue weighted by Gasteiger charge is -2.11. The highest BCUT2D eigenvalue weighted by atomic mass is 16.1. The number of rotatable bonds is 3. The maximum Gasteiger partial charge on any atom is 0.228 e. The Bertz CT molecular complexity index is 632. The van der Waals surface area contributed by atoms with E-state index in [1.807, 2.05) is 48.1 Å². The van der Waals surface area contributed by atoms with E-state index in [9.17, 15) is 4.79 Å². The second kappa shape index (κ2) is 5.33. The van der Waals surface area contributed by atoms with Gasteiger partial charge in [0.1, 0.15) is 0 Å². The Hall–Kier alpha value is -2.36. The van der Waals surface area contributed by atoms with Crippen LogP contribution in [-0.4, -0.2) is 15.7 Å². The smallest absolute Gasteiger partial charge is 0.228 e. The summed E-state index contributed by atoms with van der Waals surface area (Å²) in [6, 6.07) is 9.69. The largest absolute Gasteiger partial charge is 0.326 e. The van der Waals surface area contributed by atoms with Gasteiger partial charge >= 0.3 is 0 Å². The molecule has 3 rings (SSSR count). The molecule has 4 nitrogen and oxygen atoms in total. The number of nitrogens with one attached hydrogen (secondary N) is 1. The summed E-state index contributed by atoms with van der Waals surface area (Å²) < 4.78 is 1.82. The average molecular weight is 267 g/mol. The van der Waals surface area contributed by atoms with Crippen molar-refractivity contribution in [2.24, 2.45) is 5.92 Å². The normalized spacial score (nSPS) is 14.7. The zero-order valence-corrected chi connectivity index (χ0v) is 11.4. The Kier molecular flexibility index (Phi) is 3.37. The predicted molar refractivity (Wildman–Crippen MR) is 78.8 cm³/mol. The lowest BCUT2D eigenvalue weighted by atomic mass is 10.1. The van der Waals surface area contributed by atoms with E-state index >= 15 is 0 Å². The second-order valence-electron chi connectivity index (χ2n) is 5.08. The van der Waals surface area contributed by atoms with Crippen molar-refractivity contribution in [2.45, 2.75) is 19.8 Å². The molecule has 102 valence electrons. The number of carbonyl (C=O) groups excluding carboxylic acids is 1. The van der Waals surface area contributed by atoms with E-state index in [2.05, 4.69) is 22.6 Å². The number of benzene rings is 1. The molecule has 0 unspecified atom stereocenters. The van der Waals surface area contributed by atoms with E-state index in [0.29, 0.717) is 0 Å². The topological polar surface area (TPSA) is 46.9 Å². The SMILES string of the molecule is Cc1ccn(-c2ccc(NC(=O)C3CC=CC3)cc2)n1. The van der Waals surface area contributed by atoms with Gasteiger partial charge in [-0.1, -0.05) is 12.2 Å². The molecule has 1 N–H and O–H groups in total. The second-order valence-corrected chi connectivity index (χ2v) is 5.08. The Morgan fingerprint density at radius 3 is 2.50 bits per heavy atom. The van der Waals surface area contributed by atoms with Crippen molar-refractivity contribution < 1.29 is 4.79 Å². The summed E-state index contributed by atoms with van der Waals surface area (Å²) in [5.41, 5.74) is 2.80. The number of aryl methyl sites for hydroxylation is 1. The number of nitrogens with zero attached hydrogens (tertiary/aromatic N) is 2. The molecule has 0 spiro atoms. The first kappa shape index (κ1) is 12.7. The van der Waals surface area contributed by atoms with E-state index in [4.69, 9.17) is 0 Å². The molecule has 2 aromatic rings. The first-order chi connectivity index (χ1) is 9.72. The number of amides is 1. The molecule has 1 aliphatic carbocycles. The summed E-state index contributed by atoms with van der Waals surface area (Å²) in [7, 11) is 0. The van der Waals surface area contributed by atoms with Crippen LogP contribution >= 0.6 is 0 Å². The molecule has 1 amide bonds. The molecule has 0 saturated carbocycles. The van der Waals surface area contributed by atoms with Gasteiger partial charge in [0.15, 0.2) is 0 Å². The summed E-state index contributed by atoms with van der Waals surface area (Å²) in [6.45, 7) is 1.96. The van der Waals surface area contributed by atoms with Crippen LogP contribution in [0.3, 0.4) is 0 Å². The molecule has 0 aliphatic heterocycles. The molecule has 0 fully saturated rings. The molecule has 1 aromatic heterocycles. The maximum absolute atomic E-state index is 12.0. The van der Waals surface area contributed by atoms with E-state index in [0.717, 1.165) is 29.9 Å². The van der Waals surface area contributed by atoms with Crippen molar-refractivity contribution in [3.8, 4) is 5.69 Å². The molecule has 0 atom stereocenters. The Morgan fingerprint density at radius 1 is 1.20 bits per heavy atom. The summed E-state index contributed by atoms with van der Waals surface area (Å²) in [4.78, 5) is 12.0. The molecular weight excluding hydrogens is 250 g/mol. The van der Waals surface area contributed by atoms with E-state index in [1.165, 1.54) is 0 Å². The van der Waals surface area contributed by atoms with Gasteiger partial charge in [0.2, 0.25) is 5.91 Å². The third-order valence-electron chi connectivity index (χ3n) is 3.50. The van der Waals surface area contributed by atoms with Gasteiger partial charge in [0.25, 0.3) is 0 Å². The van der Waals surface area contributed by atoms with Gasteiger partial charge in [-0.3, -0.25) is 4.79 Å². The van der Waals surface area contributed by atoms with E-state index in [1.54, 1.807) is 0 Å². The van der Waals surface area contributed by atoms with Crippen LogP contribution in [0.4, 0.5) is 5.69 Å². The number of aromatic nitrogens is 2. The van der Waals surface area contributed by atoms with Crippen LogP contribution < -0.4 is 5.32 Å². The van der Waals surface area contributed by atoms with Gasteiger partial charge in [-0.25, -0.2) is 4.68 Å². The fourth-order valence-electron chi connectivity index (χ4n) is 2.33. The van der Waals surface area contributed by atoms with Crippen LogP contribution in [0.5, 0.6) is 0 Å². The van der Waals surface area contributed by atoms with Gasteiger partial charge in [0, 0.05) is 17.8 Å². The van der Waals surface area contributed by atoms with E-state index < -0.39 is 0 Å². The van der Waals surface area contributed by atoms with Gasteiger partial charge in [-0.15, -0.1) is 0 Å². The minimum atomic E-state index is 0.0865. The standard InChI is InChI=1S/C16H17N3O/c1-12-10-11-19(18-12)15-8-6-14(7-9-15)17-16(20)13-4-2-3-5-13/h2-3,6-11,13H,4-5H2,1H3,(H,17,20). The van der Waals surface area contributed by atoms with Crippen molar-refractivity contribution >= 4 is 11.6 Å². The molecule has 20 heavy (non-hydrogen) atoms. The Labute approximate surface area is 118 Å². The summed E-state index contributed by atoms with van der Waals surface area (Å²) >= 11 is 0. The Morgan fingerprint density at radius 2 is 1.90 bits per heavy atom. The number of hydrogen-bond acceptors (Lipinski definition) is 2. The van der Waals surface area contributed by atoms with Crippen LogP contribution in [0.15, 0.2) is 48.7 Å². The average Bonchev–Trinajstić information content (AvgIpc) is 3.10. The van der Waals surface area contributed by atoms with Crippen LogP contribution in [0.2, 0.25) is 0 Å². The molecule has 0 radical (unpaired) electrons. The number of allylic oxidation sites excluding steroid dienone is 2. The molecule has 0 bridgehead atoms. The van der Waals surface area contributed by atoms with Crippen LogP contribution in [0.25, 0.3) is 5.69 Å². The monoisotopic (exact) mass is 267 g/mol. The third-order valence-corrected chi connectivity index (χ3v) is 3.50. The van der Waals surface area contributed by atoms with Gasteiger partial charge in [0.05, 0.1) is 11.4 Å². The molecule has 4 heteroatoms. The Balaban J connectivity index is 1.68. The maximum atomic E-state index is 12.0. The van der Waals surface area contributed by atoms with Crippen LogP contribution in [0, 0.1) is 12.8 Å². The van der Waals surface area contributed by atoms with Gasteiger partial charge < -0.3 is 5.32 Å². The molecule has 1 aromatic carbocycles. The first-order valence-corrected chi connectivity index (χ1v) is 6.81. The zero-order valence-electron chi connectivity index (χ0n) is 11.4. The quantitative estimate of drug-likeness (QED) is 0.869. The summed E-state index contributed by atoms with van der Waals surface area (Å²) in [5.74, 6) is 0.182. The van der Waals surface area contributed by atoms with Gasteiger partial charge in [-0.05, 0) is 50.1 Å². The molecule has 1 aliphatic rings. The van der Waals surface area contributed by atoms with Crippen LogP contribution in [0.1, 0.15) is 18.5 Å².